The lowest BCUT2D eigenvalue weighted by Crippen LogP contribution is -2.46. The molecule has 0 spiro atoms. The lowest BCUT2D eigenvalue weighted by atomic mass is 10.1. The van der Waals surface area contributed by atoms with E-state index in [1.54, 1.807) is 0 Å². The molecule has 0 heterocycles. The molecule has 23 heavy (non-hydrogen) atoms. The maximum absolute atomic E-state index is 13.1. The van der Waals surface area contributed by atoms with Crippen LogP contribution in [-0.4, -0.2) is 40.5 Å². The monoisotopic (exact) mass is 326 g/mol. The van der Waals surface area contributed by atoms with Gasteiger partial charge in [-0.1, -0.05) is 12.1 Å². The van der Waals surface area contributed by atoms with Gasteiger partial charge in [0.15, 0.2) is 6.04 Å². The third-order valence-corrected chi connectivity index (χ3v) is 2.85. The highest BCUT2D eigenvalue weighted by Gasteiger charge is 2.23. The summed E-state index contributed by atoms with van der Waals surface area (Å²) in [6.07, 6.45) is -0.125. The number of benzene rings is 1. The van der Waals surface area contributed by atoms with Gasteiger partial charge in [-0.2, -0.15) is 0 Å². The summed E-state index contributed by atoms with van der Waals surface area (Å²) in [4.78, 5) is 44.2. The molecule has 2 atom stereocenters. The van der Waals surface area contributed by atoms with Gasteiger partial charge in [0, 0.05) is 6.42 Å². The molecule has 1 rings (SSSR count). The highest BCUT2D eigenvalue weighted by Crippen LogP contribution is 2.14. The van der Waals surface area contributed by atoms with Crippen LogP contribution in [0.25, 0.3) is 0 Å². The molecule has 0 radical (unpaired) electrons. The van der Waals surface area contributed by atoms with Gasteiger partial charge in [0.2, 0.25) is 0 Å². The summed E-state index contributed by atoms with van der Waals surface area (Å²) in [5.74, 6) is -3.22. The smallest absolute Gasteiger partial charge is 0.330 e. The number of aliphatic carboxylic acids is 2. The van der Waals surface area contributed by atoms with Gasteiger partial charge in [-0.3, -0.25) is 4.79 Å². The largest absolute Gasteiger partial charge is 0.481 e. The first-order valence-corrected chi connectivity index (χ1v) is 6.56. The number of hydrogen-bond donors (Lipinski definition) is 4. The van der Waals surface area contributed by atoms with Crippen molar-refractivity contribution < 1.29 is 33.8 Å². The van der Waals surface area contributed by atoms with Crippen LogP contribution in [0.4, 0.5) is 9.18 Å². The van der Waals surface area contributed by atoms with Gasteiger partial charge in [-0.25, -0.2) is 14.0 Å². The predicted molar refractivity (Wildman–Crippen MR) is 75.2 cm³/mol. The molecule has 0 aliphatic rings. The Morgan fingerprint density at radius 3 is 2.43 bits per heavy atom. The van der Waals surface area contributed by atoms with Crippen LogP contribution in [0.5, 0.6) is 0 Å². The zero-order valence-electron chi connectivity index (χ0n) is 11.9. The number of amides is 2. The standard InChI is InChI=1S/C14H15FN2O6/c15-9-3-1-2-8(6-9)12(13(21)22)17-14(23)16-10(7-18)4-5-11(19)20/h1-3,6-7,10,12H,4-5H2,(H,19,20)(H,21,22)(H2,16,17,23)/t10-,12-/m0/s1. The third kappa shape index (κ3) is 6.12. The van der Waals surface area contributed by atoms with E-state index in [-0.39, 0.29) is 18.4 Å². The zero-order valence-corrected chi connectivity index (χ0v) is 11.9. The van der Waals surface area contributed by atoms with Crippen LogP contribution >= 0.6 is 0 Å². The van der Waals surface area contributed by atoms with Crippen molar-refractivity contribution in [2.24, 2.45) is 0 Å². The van der Waals surface area contributed by atoms with Crippen molar-refractivity contribution in [3.8, 4) is 0 Å². The number of rotatable bonds is 8. The summed E-state index contributed by atoms with van der Waals surface area (Å²) in [5, 5.41) is 21.9. The van der Waals surface area contributed by atoms with E-state index >= 15 is 0 Å². The minimum atomic E-state index is -1.52. The summed E-state index contributed by atoms with van der Waals surface area (Å²) in [6, 6.07) is 1.12. The molecule has 1 aromatic carbocycles. The SMILES string of the molecule is O=C[C@H](CCC(=O)O)NC(=O)N[C@H](C(=O)O)c1cccc(F)c1. The summed E-state index contributed by atoms with van der Waals surface area (Å²) in [6.45, 7) is 0. The van der Waals surface area contributed by atoms with E-state index in [2.05, 4.69) is 10.6 Å². The molecule has 8 nitrogen and oxygen atoms in total. The van der Waals surface area contributed by atoms with Crippen LogP contribution in [0.15, 0.2) is 24.3 Å². The Balaban J connectivity index is 2.73. The average molecular weight is 326 g/mol. The lowest BCUT2D eigenvalue weighted by molar-refractivity contribution is -0.139. The number of halogens is 1. The van der Waals surface area contributed by atoms with Gasteiger partial charge < -0.3 is 25.6 Å². The predicted octanol–water partition coefficient (Wildman–Crippen LogP) is 0.683. The zero-order chi connectivity index (χ0) is 17.4. The summed E-state index contributed by atoms with van der Waals surface area (Å²) >= 11 is 0. The molecular formula is C14H15FN2O6. The molecule has 0 bridgehead atoms. The molecule has 0 saturated carbocycles. The van der Waals surface area contributed by atoms with Crippen LogP contribution < -0.4 is 10.6 Å². The first-order valence-electron chi connectivity index (χ1n) is 6.56. The van der Waals surface area contributed by atoms with Crippen LogP contribution in [0, 0.1) is 5.82 Å². The Kier molecular flexibility index (Phi) is 6.66. The van der Waals surface area contributed by atoms with E-state index in [4.69, 9.17) is 10.2 Å². The van der Waals surface area contributed by atoms with Crippen LogP contribution in [0.2, 0.25) is 0 Å². The number of aldehydes is 1. The fourth-order valence-electron chi connectivity index (χ4n) is 1.77. The number of carboxylic acids is 2. The second-order valence-corrected chi connectivity index (χ2v) is 4.62. The van der Waals surface area contributed by atoms with Crippen LogP contribution in [0.1, 0.15) is 24.4 Å². The molecule has 2 amide bonds. The Labute approximate surface area is 130 Å². The van der Waals surface area contributed by atoms with Crippen LogP contribution in [-0.2, 0) is 14.4 Å². The van der Waals surface area contributed by atoms with Gasteiger partial charge in [0.05, 0.1) is 6.04 Å². The summed E-state index contributed by atoms with van der Waals surface area (Å²) < 4.78 is 13.1. The molecule has 4 N–H and O–H groups in total. The number of carbonyl (C=O) groups is 4. The quantitative estimate of drug-likeness (QED) is 0.519. The summed E-state index contributed by atoms with van der Waals surface area (Å²) in [5.41, 5.74) is 0.0147. The first-order chi connectivity index (χ1) is 10.8. The molecule has 124 valence electrons. The van der Waals surface area contributed by atoms with Crippen molar-refractivity contribution >= 4 is 24.3 Å². The van der Waals surface area contributed by atoms with E-state index in [0.717, 1.165) is 12.1 Å². The summed E-state index contributed by atoms with van der Waals surface area (Å²) in [7, 11) is 0. The van der Waals surface area contributed by atoms with Crippen LogP contribution in [0.3, 0.4) is 0 Å². The topological polar surface area (TPSA) is 133 Å². The maximum atomic E-state index is 13.1. The molecular weight excluding hydrogens is 311 g/mol. The number of carbonyl (C=O) groups excluding carboxylic acids is 2. The number of carboxylic acid groups (broad SMARTS) is 2. The normalized spacial score (nSPS) is 12.7. The fourth-order valence-corrected chi connectivity index (χ4v) is 1.77. The van der Waals surface area contributed by atoms with Crippen molar-refractivity contribution in [1.82, 2.24) is 10.6 Å². The average Bonchev–Trinajstić information content (AvgIpc) is 2.48. The fraction of sp³-hybridized carbons (Fsp3) is 0.286. The van der Waals surface area contributed by atoms with Gasteiger partial charge in [-0.15, -0.1) is 0 Å². The molecule has 0 saturated heterocycles. The van der Waals surface area contributed by atoms with Crippen molar-refractivity contribution in [2.75, 3.05) is 0 Å². The maximum Gasteiger partial charge on any atom is 0.330 e. The van der Waals surface area contributed by atoms with Crippen molar-refractivity contribution in [1.29, 1.82) is 0 Å². The van der Waals surface area contributed by atoms with E-state index in [1.807, 2.05) is 0 Å². The second-order valence-electron chi connectivity index (χ2n) is 4.62. The second kappa shape index (κ2) is 8.47. The molecule has 0 unspecified atom stereocenters. The molecule has 0 fully saturated rings. The number of nitrogens with one attached hydrogen (secondary N) is 2. The Bertz CT molecular complexity index is 607. The molecule has 9 heteroatoms. The van der Waals surface area contributed by atoms with Gasteiger partial charge >= 0.3 is 18.0 Å². The number of urea groups is 1. The van der Waals surface area contributed by atoms with E-state index in [1.165, 1.54) is 12.1 Å². The molecule has 0 aliphatic heterocycles. The Morgan fingerprint density at radius 1 is 1.22 bits per heavy atom. The third-order valence-electron chi connectivity index (χ3n) is 2.85. The van der Waals surface area contributed by atoms with Gasteiger partial charge in [-0.05, 0) is 24.1 Å². The van der Waals surface area contributed by atoms with Gasteiger partial charge in [0.1, 0.15) is 12.1 Å². The van der Waals surface area contributed by atoms with Crippen molar-refractivity contribution in [3.63, 3.8) is 0 Å². The minimum Gasteiger partial charge on any atom is -0.481 e. The highest BCUT2D eigenvalue weighted by atomic mass is 19.1. The number of hydrogen-bond acceptors (Lipinski definition) is 4. The highest BCUT2D eigenvalue weighted by molar-refractivity contribution is 5.85. The molecule has 0 aromatic heterocycles. The van der Waals surface area contributed by atoms with E-state index in [0.29, 0.717) is 6.29 Å². The molecule has 0 aliphatic carbocycles. The lowest BCUT2D eigenvalue weighted by Gasteiger charge is -2.17. The van der Waals surface area contributed by atoms with E-state index < -0.39 is 35.9 Å². The van der Waals surface area contributed by atoms with E-state index in [9.17, 15) is 23.6 Å². The Morgan fingerprint density at radius 2 is 1.91 bits per heavy atom. The Hall–Kier alpha value is -2.97. The first kappa shape index (κ1) is 18.1. The van der Waals surface area contributed by atoms with Crippen molar-refractivity contribution in [2.45, 2.75) is 24.9 Å². The molecule has 1 aromatic rings. The van der Waals surface area contributed by atoms with Gasteiger partial charge in [0.25, 0.3) is 0 Å². The minimum absolute atomic E-state index is 0.0147. The van der Waals surface area contributed by atoms with Crippen molar-refractivity contribution in [3.05, 3.63) is 35.6 Å².